The van der Waals surface area contributed by atoms with Crippen LogP contribution in [0.3, 0.4) is 0 Å². The third kappa shape index (κ3) is 5.78. The first-order valence-corrected chi connectivity index (χ1v) is 14.9. The zero-order valence-electron chi connectivity index (χ0n) is 24.2. The molecule has 0 spiro atoms. The Morgan fingerprint density at radius 3 is 2.39 bits per heavy atom. The number of hydrogen-bond donors (Lipinski definition) is 0. The molecule has 2 aromatic carbocycles. The standard InChI is InChI=1S/C30H34BrN3O6S/c1-8-33(9-2)22-16-24(39-7)18(13-21(22)31)14-25-28(35)34-27(20-15-19(37-5)11-12-23(20)38-6)26(29(36)40-10-3)17(4)32-30(34)41-25/h11-16,27H,8-10H2,1-7H3/b25-14+/t27-/m1/s1. The van der Waals surface area contributed by atoms with E-state index < -0.39 is 12.0 Å². The quantitative estimate of drug-likeness (QED) is 0.302. The van der Waals surface area contributed by atoms with Gasteiger partial charge in [-0.2, -0.15) is 0 Å². The Balaban J connectivity index is 1.99. The number of allylic oxidation sites excluding steroid dienone is 1. The van der Waals surface area contributed by atoms with Crippen molar-refractivity contribution in [3.63, 3.8) is 0 Å². The second kappa shape index (κ2) is 12.9. The lowest BCUT2D eigenvalue weighted by Crippen LogP contribution is -2.40. The van der Waals surface area contributed by atoms with E-state index in [1.807, 2.05) is 12.1 Å². The SMILES string of the molecule is CCOC(=O)C1=C(C)N=c2s/c(=C/c3cc(Br)c(N(CC)CC)cc3OC)c(=O)n2[C@@H]1c1cc(OC)ccc1OC. The van der Waals surface area contributed by atoms with E-state index in [0.29, 0.717) is 37.8 Å². The minimum atomic E-state index is -0.837. The molecule has 3 aromatic rings. The number of anilines is 1. The number of nitrogens with zero attached hydrogens (tertiary/aromatic N) is 3. The molecule has 11 heteroatoms. The normalized spacial score (nSPS) is 14.8. The van der Waals surface area contributed by atoms with E-state index in [9.17, 15) is 9.59 Å². The highest BCUT2D eigenvalue weighted by Gasteiger charge is 2.35. The lowest BCUT2D eigenvalue weighted by atomic mass is 9.94. The van der Waals surface area contributed by atoms with Gasteiger partial charge in [-0.15, -0.1) is 0 Å². The van der Waals surface area contributed by atoms with E-state index in [-0.39, 0.29) is 17.7 Å². The molecule has 0 unspecified atom stereocenters. The molecule has 0 N–H and O–H groups in total. The Bertz CT molecular complexity index is 1670. The van der Waals surface area contributed by atoms with Gasteiger partial charge >= 0.3 is 5.97 Å². The Morgan fingerprint density at radius 2 is 1.78 bits per heavy atom. The van der Waals surface area contributed by atoms with Crippen molar-refractivity contribution < 1.29 is 23.7 Å². The van der Waals surface area contributed by atoms with Crippen LogP contribution in [0, 0.1) is 0 Å². The molecule has 1 aromatic heterocycles. The summed E-state index contributed by atoms with van der Waals surface area (Å²) in [7, 11) is 4.71. The van der Waals surface area contributed by atoms with Gasteiger partial charge in [0.1, 0.15) is 23.3 Å². The molecule has 218 valence electrons. The highest BCUT2D eigenvalue weighted by molar-refractivity contribution is 9.10. The molecule has 0 amide bonds. The molecule has 1 aliphatic heterocycles. The number of esters is 1. The van der Waals surface area contributed by atoms with Crippen molar-refractivity contribution in [3.8, 4) is 17.2 Å². The molecule has 0 saturated heterocycles. The maximum absolute atomic E-state index is 14.1. The molecular formula is C30H34BrN3O6S. The Labute approximate surface area is 251 Å². The first-order chi connectivity index (χ1) is 19.7. The van der Waals surface area contributed by atoms with E-state index >= 15 is 0 Å². The Morgan fingerprint density at radius 1 is 1.07 bits per heavy atom. The van der Waals surface area contributed by atoms with Gasteiger partial charge in [0.25, 0.3) is 5.56 Å². The number of fused-ring (bicyclic) bond motifs is 1. The number of benzene rings is 2. The molecule has 9 nitrogen and oxygen atoms in total. The maximum atomic E-state index is 14.1. The van der Waals surface area contributed by atoms with Crippen LogP contribution in [0.5, 0.6) is 17.2 Å². The van der Waals surface area contributed by atoms with Crippen molar-refractivity contribution in [1.29, 1.82) is 0 Å². The first-order valence-electron chi connectivity index (χ1n) is 13.3. The summed E-state index contributed by atoms with van der Waals surface area (Å²) in [6, 6.07) is 8.36. The van der Waals surface area contributed by atoms with Crippen molar-refractivity contribution >= 4 is 45.0 Å². The van der Waals surface area contributed by atoms with Crippen LogP contribution in [-0.2, 0) is 9.53 Å². The minimum Gasteiger partial charge on any atom is -0.497 e. The van der Waals surface area contributed by atoms with E-state index in [0.717, 1.165) is 28.8 Å². The van der Waals surface area contributed by atoms with Crippen molar-refractivity contribution in [2.75, 3.05) is 45.9 Å². The summed E-state index contributed by atoms with van der Waals surface area (Å²) in [5.74, 6) is 1.15. The lowest BCUT2D eigenvalue weighted by Gasteiger charge is -2.26. The van der Waals surface area contributed by atoms with E-state index in [1.54, 1.807) is 59.5 Å². The lowest BCUT2D eigenvalue weighted by molar-refractivity contribution is -0.139. The number of ether oxygens (including phenoxy) is 4. The summed E-state index contributed by atoms with van der Waals surface area (Å²) in [4.78, 5) is 34.7. The highest BCUT2D eigenvalue weighted by Crippen LogP contribution is 2.38. The number of aromatic nitrogens is 1. The summed E-state index contributed by atoms with van der Waals surface area (Å²) in [5.41, 5.74) is 2.75. The van der Waals surface area contributed by atoms with Crippen LogP contribution in [0.1, 0.15) is 44.9 Å². The molecule has 1 atom stereocenters. The third-order valence-corrected chi connectivity index (χ3v) is 8.56. The van der Waals surface area contributed by atoms with Gasteiger partial charge < -0.3 is 23.8 Å². The van der Waals surface area contributed by atoms with Gasteiger partial charge in [-0.25, -0.2) is 9.79 Å². The fourth-order valence-corrected chi connectivity index (χ4v) is 6.58. The second-order valence-corrected chi connectivity index (χ2v) is 11.0. The third-order valence-electron chi connectivity index (χ3n) is 6.94. The average Bonchev–Trinajstić information content (AvgIpc) is 3.27. The van der Waals surface area contributed by atoms with Crippen LogP contribution >= 0.6 is 27.3 Å². The van der Waals surface area contributed by atoms with Gasteiger partial charge in [-0.3, -0.25) is 9.36 Å². The summed E-state index contributed by atoms with van der Waals surface area (Å²) >= 11 is 4.94. The van der Waals surface area contributed by atoms with Crippen LogP contribution in [0.15, 0.2) is 55.9 Å². The zero-order chi connectivity index (χ0) is 29.8. The largest absolute Gasteiger partial charge is 0.497 e. The van der Waals surface area contributed by atoms with Crippen molar-refractivity contribution in [2.24, 2.45) is 4.99 Å². The molecule has 1 aliphatic rings. The maximum Gasteiger partial charge on any atom is 0.338 e. The topological polar surface area (TPSA) is 91.6 Å². The van der Waals surface area contributed by atoms with Crippen LogP contribution in [0.4, 0.5) is 5.69 Å². The van der Waals surface area contributed by atoms with Crippen LogP contribution in [-0.4, -0.2) is 51.6 Å². The second-order valence-electron chi connectivity index (χ2n) is 9.13. The average molecular weight is 645 g/mol. The number of rotatable bonds is 10. The number of halogens is 1. The predicted octanol–water partition coefficient (Wildman–Crippen LogP) is 4.43. The number of methoxy groups -OCH3 is 3. The molecule has 4 rings (SSSR count). The van der Waals surface area contributed by atoms with E-state index in [1.165, 1.54) is 15.9 Å². The van der Waals surface area contributed by atoms with Gasteiger partial charge in [0.2, 0.25) is 0 Å². The van der Waals surface area contributed by atoms with Crippen molar-refractivity contribution in [2.45, 2.75) is 33.7 Å². The summed E-state index contributed by atoms with van der Waals surface area (Å²) < 4.78 is 25.1. The molecule has 0 fully saturated rings. The Hall–Kier alpha value is -3.57. The molecule has 2 heterocycles. The summed E-state index contributed by atoms with van der Waals surface area (Å²) in [6.07, 6.45) is 1.79. The van der Waals surface area contributed by atoms with E-state index in [2.05, 4.69) is 39.7 Å². The fraction of sp³-hybridized carbons (Fsp3) is 0.367. The monoisotopic (exact) mass is 643 g/mol. The van der Waals surface area contributed by atoms with E-state index in [4.69, 9.17) is 18.9 Å². The summed E-state index contributed by atoms with van der Waals surface area (Å²) in [5, 5.41) is 0. The Kier molecular flexibility index (Phi) is 9.60. The van der Waals surface area contributed by atoms with Gasteiger partial charge in [0.15, 0.2) is 4.80 Å². The van der Waals surface area contributed by atoms with Crippen LogP contribution in [0.2, 0.25) is 0 Å². The number of carbonyl (C=O) groups excluding carboxylic acids is 1. The van der Waals surface area contributed by atoms with Crippen molar-refractivity contribution in [3.05, 3.63) is 76.9 Å². The minimum absolute atomic E-state index is 0.181. The predicted molar refractivity (Wildman–Crippen MR) is 164 cm³/mol. The molecule has 0 bridgehead atoms. The molecular weight excluding hydrogens is 610 g/mol. The molecule has 0 radical (unpaired) electrons. The van der Waals surface area contributed by atoms with Gasteiger partial charge in [0, 0.05) is 34.8 Å². The highest BCUT2D eigenvalue weighted by atomic mass is 79.9. The number of carbonyl (C=O) groups is 1. The zero-order valence-corrected chi connectivity index (χ0v) is 26.6. The van der Waals surface area contributed by atoms with Crippen LogP contribution in [0.25, 0.3) is 6.08 Å². The number of hydrogen-bond acceptors (Lipinski definition) is 9. The molecule has 41 heavy (non-hydrogen) atoms. The number of thiazole rings is 1. The molecule has 0 aliphatic carbocycles. The molecule has 0 saturated carbocycles. The summed E-state index contributed by atoms with van der Waals surface area (Å²) in [6.45, 7) is 9.53. The first kappa shape index (κ1) is 30.4. The van der Waals surface area contributed by atoms with Gasteiger partial charge in [-0.05, 0) is 74.0 Å². The van der Waals surface area contributed by atoms with Crippen LogP contribution < -0.4 is 34.0 Å². The van der Waals surface area contributed by atoms with Crippen molar-refractivity contribution in [1.82, 2.24) is 4.57 Å². The smallest absolute Gasteiger partial charge is 0.338 e. The van der Waals surface area contributed by atoms with Gasteiger partial charge in [0.05, 0.1) is 49.4 Å². The van der Waals surface area contributed by atoms with Gasteiger partial charge in [-0.1, -0.05) is 11.3 Å². The fourth-order valence-electron chi connectivity index (χ4n) is 4.93.